The average Bonchev–Trinajstić information content (AvgIpc) is 3.03. The lowest BCUT2D eigenvalue weighted by Crippen LogP contribution is -2.44. The highest BCUT2D eigenvalue weighted by molar-refractivity contribution is 6.01. The second-order valence-electron chi connectivity index (χ2n) is 8.97. The molecule has 1 aromatic carbocycles. The van der Waals surface area contributed by atoms with Gasteiger partial charge in [-0.15, -0.1) is 6.58 Å². The van der Waals surface area contributed by atoms with E-state index >= 15 is 0 Å². The largest absolute Gasteiger partial charge is 0.461 e. The zero-order valence-electron chi connectivity index (χ0n) is 16.8. The van der Waals surface area contributed by atoms with Gasteiger partial charge in [0.15, 0.2) is 0 Å². The number of rotatable bonds is 5. The maximum absolute atomic E-state index is 12.9. The molecule has 0 saturated heterocycles. The van der Waals surface area contributed by atoms with Crippen molar-refractivity contribution in [2.24, 2.45) is 23.7 Å². The molecule has 0 aromatic heterocycles. The minimum Gasteiger partial charge on any atom is -0.461 e. The molecule has 27 heavy (non-hydrogen) atoms. The van der Waals surface area contributed by atoms with Gasteiger partial charge in [-0.2, -0.15) is 0 Å². The summed E-state index contributed by atoms with van der Waals surface area (Å²) < 4.78 is 6.06. The summed E-state index contributed by atoms with van der Waals surface area (Å²) in [5.74, 6) is -0.284. The molecule has 3 heteroatoms. The third-order valence-electron chi connectivity index (χ3n) is 6.82. The summed E-state index contributed by atoms with van der Waals surface area (Å²) in [4.78, 5) is 25.2. The number of carbonyl (C=O) groups is 2. The minimum atomic E-state index is -0.653. The van der Waals surface area contributed by atoms with Crippen molar-refractivity contribution in [1.29, 1.82) is 0 Å². The quantitative estimate of drug-likeness (QED) is 0.413. The molecule has 0 unspecified atom stereocenters. The summed E-state index contributed by atoms with van der Waals surface area (Å²) in [6, 6.07) is 10.5. The van der Waals surface area contributed by atoms with E-state index in [1.807, 2.05) is 6.07 Å². The Labute approximate surface area is 163 Å². The normalized spacial score (nSPS) is 31.5. The van der Waals surface area contributed by atoms with Crippen LogP contribution in [0.25, 0.3) is 0 Å². The van der Waals surface area contributed by atoms with E-state index in [1.54, 1.807) is 6.08 Å². The second kappa shape index (κ2) is 8.00. The van der Waals surface area contributed by atoms with Gasteiger partial charge in [0.05, 0.1) is 0 Å². The van der Waals surface area contributed by atoms with Gasteiger partial charge in [-0.1, -0.05) is 63.6 Å². The topological polar surface area (TPSA) is 43.4 Å². The van der Waals surface area contributed by atoms with Crippen molar-refractivity contribution < 1.29 is 14.3 Å². The highest BCUT2D eigenvalue weighted by Crippen LogP contribution is 2.44. The van der Waals surface area contributed by atoms with Gasteiger partial charge in [-0.3, -0.25) is 9.59 Å². The zero-order valence-corrected chi connectivity index (χ0v) is 16.8. The molecule has 146 valence electrons. The number of ketones is 1. The van der Waals surface area contributed by atoms with Crippen LogP contribution in [0.4, 0.5) is 0 Å². The van der Waals surface area contributed by atoms with Crippen LogP contribution in [0.5, 0.6) is 0 Å². The standard InChI is InChI=1S/C24H32O3/c1-5-17-12-14-20(25)22(17)23(26)27-21-15-16(2)11-13-19(21)24(3,4)18-9-7-6-8-10-18/h5-10,16-17,19,21-22H,1,11-15H2,2-4H3/t16-,17-,19-,21-,22-/m1/s1. The molecule has 0 radical (unpaired) electrons. The third kappa shape index (κ3) is 4.02. The van der Waals surface area contributed by atoms with Gasteiger partial charge in [-0.05, 0) is 42.1 Å². The Hall–Kier alpha value is -1.90. The Morgan fingerprint density at radius 1 is 1.19 bits per heavy atom. The van der Waals surface area contributed by atoms with Gasteiger partial charge in [0.25, 0.3) is 0 Å². The van der Waals surface area contributed by atoms with Crippen LogP contribution in [0.2, 0.25) is 0 Å². The van der Waals surface area contributed by atoms with Crippen molar-refractivity contribution >= 4 is 11.8 Å². The first-order chi connectivity index (χ1) is 12.8. The average molecular weight is 369 g/mol. The van der Waals surface area contributed by atoms with E-state index in [0.29, 0.717) is 18.8 Å². The van der Waals surface area contributed by atoms with Crippen molar-refractivity contribution in [3.63, 3.8) is 0 Å². The second-order valence-corrected chi connectivity index (χ2v) is 8.97. The number of carbonyl (C=O) groups excluding carboxylic acids is 2. The summed E-state index contributed by atoms with van der Waals surface area (Å²) in [7, 11) is 0. The van der Waals surface area contributed by atoms with E-state index < -0.39 is 5.92 Å². The van der Waals surface area contributed by atoms with Crippen LogP contribution in [0, 0.1) is 23.7 Å². The molecule has 5 atom stereocenters. The molecule has 0 N–H and O–H groups in total. The lowest BCUT2D eigenvalue weighted by molar-refractivity contribution is -0.163. The lowest BCUT2D eigenvalue weighted by Gasteiger charge is -2.44. The molecular formula is C24H32O3. The first-order valence-electron chi connectivity index (χ1n) is 10.3. The molecule has 2 saturated carbocycles. The molecule has 1 aromatic rings. The number of ether oxygens (including phenoxy) is 1. The molecular weight excluding hydrogens is 336 g/mol. The highest BCUT2D eigenvalue weighted by Gasteiger charge is 2.45. The number of allylic oxidation sites excluding steroid dienone is 1. The highest BCUT2D eigenvalue weighted by atomic mass is 16.5. The van der Waals surface area contributed by atoms with Gasteiger partial charge in [0, 0.05) is 12.3 Å². The number of esters is 1. The van der Waals surface area contributed by atoms with Crippen LogP contribution in [-0.2, 0) is 19.7 Å². The Morgan fingerprint density at radius 3 is 2.56 bits per heavy atom. The van der Waals surface area contributed by atoms with Crippen LogP contribution >= 0.6 is 0 Å². The van der Waals surface area contributed by atoms with E-state index in [0.717, 1.165) is 19.3 Å². The minimum absolute atomic E-state index is 0.00706. The summed E-state index contributed by atoms with van der Waals surface area (Å²) >= 11 is 0. The molecule has 3 nitrogen and oxygen atoms in total. The van der Waals surface area contributed by atoms with Crippen molar-refractivity contribution in [3.05, 3.63) is 48.6 Å². The fourth-order valence-electron chi connectivity index (χ4n) is 5.02. The Balaban J connectivity index is 1.81. The molecule has 2 fully saturated rings. The van der Waals surface area contributed by atoms with E-state index in [1.165, 1.54) is 5.56 Å². The number of Topliss-reactive ketones (excluding diaryl/α,β-unsaturated/α-hetero) is 1. The van der Waals surface area contributed by atoms with Crippen molar-refractivity contribution in [3.8, 4) is 0 Å². The van der Waals surface area contributed by atoms with Crippen LogP contribution < -0.4 is 0 Å². The summed E-state index contributed by atoms with van der Waals surface area (Å²) in [6.07, 6.45) is 5.81. The van der Waals surface area contributed by atoms with Crippen LogP contribution in [0.15, 0.2) is 43.0 Å². The molecule has 0 spiro atoms. The fraction of sp³-hybridized carbons (Fsp3) is 0.583. The Kier molecular flexibility index (Phi) is 5.88. The van der Waals surface area contributed by atoms with E-state index in [-0.39, 0.29) is 35.1 Å². The lowest BCUT2D eigenvalue weighted by atomic mass is 9.64. The predicted molar refractivity (Wildman–Crippen MR) is 107 cm³/mol. The SMILES string of the molecule is C=C[C@@H]1CCC(=O)[C@@H]1C(=O)O[C@@H]1C[C@H](C)CC[C@H]1C(C)(C)c1ccccc1. The fourth-order valence-corrected chi connectivity index (χ4v) is 5.02. The first-order valence-corrected chi connectivity index (χ1v) is 10.3. The number of hydrogen-bond donors (Lipinski definition) is 0. The molecule has 0 heterocycles. The molecule has 3 rings (SSSR count). The Morgan fingerprint density at radius 2 is 1.89 bits per heavy atom. The maximum Gasteiger partial charge on any atom is 0.317 e. The van der Waals surface area contributed by atoms with Crippen molar-refractivity contribution in [2.45, 2.75) is 64.4 Å². The van der Waals surface area contributed by atoms with Crippen molar-refractivity contribution in [2.75, 3.05) is 0 Å². The van der Waals surface area contributed by atoms with Crippen molar-refractivity contribution in [1.82, 2.24) is 0 Å². The summed E-state index contributed by atoms with van der Waals surface area (Å²) in [5.41, 5.74) is 1.18. The molecule has 0 amide bonds. The van der Waals surface area contributed by atoms with Crippen LogP contribution in [0.1, 0.15) is 58.4 Å². The van der Waals surface area contributed by atoms with E-state index in [4.69, 9.17) is 4.74 Å². The van der Waals surface area contributed by atoms with Crippen LogP contribution in [0.3, 0.4) is 0 Å². The van der Waals surface area contributed by atoms with Gasteiger partial charge >= 0.3 is 5.97 Å². The molecule has 2 aliphatic rings. The monoisotopic (exact) mass is 368 g/mol. The molecule has 0 bridgehead atoms. The molecule has 2 aliphatic carbocycles. The summed E-state index contributed by atoms with van der Waals surface area (Å²) in [6.45, 7) is 10.5. The van der Waals surface area contributed by atoms with E-state index in [2.05, 4.69) is 51.6 Å². The van der Waals surface area contributed by atoms with E-state index in [9.17, 15) is 9.59 Å². The summed E-state index contributed by atoms with van der Waals surface area (Å²) in [5, 5.41) is 0. The third-order valence-corrected chi connectivity index (χ3v) is 6.82. The molecule has 0 aliphatic heterocycles. The van der Waals surface area contributed by atoms with Gasteiger partial charge in [0.1, 0.15) is 17.8 Å². The van der Waals surface area contributed by atoms with Gasteiger partial charge in [-0.25, -0.2) is 0 Å². The van der Waals surface area contributed by atoms with Crippen LogP contribution in [-0.4, -0.2) is 17.9 Å². The number of benzene rings is 1. The zero-order chi connectivity index (χ0) is 19.6. The first kappa shape index (κ1) is 19.9. The Bertz CT molecular complexity index is 691. The van der Waals surface area contributed by atoms with Gasteiger partial charge < -0.3 is 4.74 Å². The predicted octanol–water partition coefficient (Wildman–Crippen LogP) is 5.09. The number of hydrogen-bond acceptors (Lipinski definition) is 3. The smallest absolute Gasteiger partial charge is 0.317 e. The van der Waals surface area contributed by atoms with Gasteiger partial charge in [0.2, 0.25) is 0 Å². The maximum atomic E-state index is 12.9.